The van der Waals surface area contributed by atoms with Gasteiger partial charge in [-0.15, -0.1) is 11.6 Å². The average molecular weight is 331 g/mol. The van der Waals surface area contributed by atoms with Gasteiger partial charge in [-0.25, -0.2) is 9.67 Å². The normalized spacial score (nSPS) is 10.6. The van der Waals surface area contributed by atoms with Crippen LogP contribution in [0.3, 0.4) is 0 Å². The summed E-state index contributed by atoms with van der Waals surface area (Å²) in [5, 5.41) is 4.09. The van der Waals surface area contributed by atoms with Crippen LogP contribution in [0.25, 0.3) is 0 Å². The van der Waals surface area contributed by atoms with Crippen molar-refractivity contribution < 1.29 is 4.74 Å². The number of ether oxygens (including phenoxy) is 1. The number of rotatable bonds is 5. The van der Waals surface area contributed by atoms with Crippen molar-refractivity contribution in [1.29, 1.82) is 0 Å². The monoisotopic (exact) mass is 329 g/mol. The molecule has 0 amide bonds. The van der Waals surface area contributed by atoms with Crippen molar-refractivity contribution >= 4 is 27.5 Å². The van der Waals surface area contributed by atoms with Gasteiger partial charge in [0.2, 0.25) is 0 Å². The zero-order valence-electron chi connectivity index (χ0n) is 9.94. The highest BCUT2D eigenvalue weighted by Gasteiger charge is 2.06. The molecule has 0 unspecified atom stereocenters. The van der Waals surface area contributed by atoms with Gasteiger partial charge in [-0.1, -0.05) is 6.07 Å². The molecule has 0 saturated heterocycles. The first-order valence-corrected chi connectivity index (χ1v) is 6.91. The SMILES string of the molecule is CCn1ncnc1COc1ccc(CCl)cc1Br. The minimum Gasteiger partial charge on any atom is -0.484 e. The molecule has 96 valence electrons. The van der Waals surface area contributed by atoms with E-state index >= 15 is 0 Å². The summed E-state index contributed by atoms with van der Waals surface area (Å²) in [5.41, 5.74) is 1.05. The van der Waals surface area contributed by atoms with Gasteiger partial charge in [-0.05, 0) is 40.5 Å². The lowest BCUT2D eigenvalue weighted by Crippen LogP contribution is -2.07. The molecule has 0 fully saturated rings. The van der Waals surface area contributed by atoms with Crippen LogP contribution in [0.5, 0.6) is 5.75 Å². The van der Waals surface area contributed by atoms with Crippen LogP contribution in [0.4, 0.5) is 0 Å². The fourth-order valence-electron chi connectivity index (χ4n) is 1.55. The molecule has 0 aliphatic carbocycles. The Bertz CT molecular complexity index is 530. The summed E-state index contributed by atoms with van der Waals surface area (Å²) >= 11 is 9.23. The Balaban J connectivity index is 2.06. The average Bonchev–Trinajstić information content (AvgIpc) is 2.84. The standard InChI is InChI=1S/C12H13BrClN3O/c1-2-17-12(15-8-16-17)7-18-11-4-3-9(6-14)5-10(11)13/h3-5,8H,2,6-7H2,1H3. The van der Waals surface area contributed by atoms with Crippen LogP contribution in [0.2, 0.25) is 0 Å². The lowest BCUT2D eigenvalue weighted by Gasteiger charge is -2.09. The van der Waals surface area contributed by atoms with Gasteiger partial charge in [0.05, 0.1) is 4.47 Å². The molecule has 2 aromatic rings. The van der Waals surface area contributed by atoms with Crippen LogP contribution in [0.1, 0.15) is 18.3 Å². The molecule has 0 aliphatic rings. The van der Waals surface area contributed by atoms with Crippen molar-refractivity contribution in [3.05, 3.63) is 40.4 Å². The van der Waals surface area contributed by atoms with Crippen LogP contribution in [-0.4, -0.2) is 14.8 Å². The lowest BCUT2D eigenvalue weighted by atomic mass is 10.2. The zero-order chi connectivity index (χ0) is 13.0. The van der Waals surface area contributed by atoms with E-state index in [4.69, 9.17) is 16.3 Å². The number of aromatic nitrogens is 3. The number of hydrogen-bond acceptors (Lipinski definition) is 3. The number of hydrogen-bond donors (Lipinski definition) is 0. The van der Waals surface area contributed by atoms with Gasteiger partial charge in [0.15, 0.2) is 5.82 Å². The molecule has 18 heavy (non-hydrogen) atoms. The zero-order valence-corrected chi connectivity index (χ0v) is 12.3. The molecule has 6 heteroatoms. The van der Waals surface area contributed by atoms with E-state index in [-0.39, 0.29) is 0 Å². The van der Waals surface area contributed by atoms with Crippen molar-refractivity contribution in [3.63, 3.8) is 0 Å². The first-order chi connectivity index (χ1) is 8.74. The predicted molar refractivity (Wildman–Crippen MR) is 73.7 cm³/mol. The highest BCUT2D eigenvalue weighted by atomic mass is 79.9. The third kappa shape index (κ3) is 3.03. The van der Waals surface area contributed by atoms with E-state index in [1.54, 1.807) is 4.68 Å². The fourth-order valence-corrected chi connectivity index (χ4v) is 2.26. The van der Waals surface area contributed by atoms with Crippen molar-refractivity contribution in [2.45, 2.75) is 26.0 Å². The van der Waals surface area contributed by atoms with Crippen LogP contribution < -0.4 is 4.74 Å². The second-order valence-corrected chi connectivity index (χ2v) is 4.80. The van der Waals surface area contributed by atoms with Crippen LogP contribution in [0.15, 0.2) is 29.0 Å². The minimum atomic E-state index is 0.395. The molecular formula is C12H13BrClN3O. The molecule has 0 atom stereocenters. The second-order valence-electron chi connectivity index (χ2n) is 3.68. The van der Waals surface area contributed by atoms with Gasteiger partial charge in [0, 0.05) is 12.4 Å². The Hall–Kier alpha value is -1.07. The van der Waals surface area contributed by atoms with Gasteiger partial charge in [0.25, 0.3) is 0 Å². The topological polar surface area (TPSA) is 39.9 Å². The number of benzene rings is 1. The first kappa shape index (κ1) is 13.4. The van der Waals surface area contributed by atoms with Crippen molar-refractivity contribution in [2.75, 3.05) is 0 Å². The van der Waals surface area contributed by atoms with Gasteiger partial charge >= 0.3 is 0 Å². The van der Waals surface area contributed by atoms with E-state index in [0.717, 1.165) is 28.2 Å². The quantitative estimate of drug-likeness (QED) is 0.789. The van der Waals surface area contributed by atoms with Crippen LogP contribution in [0, 0.1) is 0 Å². The number of nitrogens with zero attached hydrogens (tertiary/aromatic N) is 3. The molecule has 0 bridgehead atoms. The maximum Gasteiger partial charge on any atom is 0.164 e. The van der Waals surface area contributed by atoms with E-state index in [9.17, 15) is 0 Å². The molecule has 4 nitrogen and oxygen atoms in total. The highest BCUT2D eigenvalue weighted by molar-refractivity contribution is 9.10. The fraction of sp³-hybridized carbons (Fsp3) is 0.333. The molecule has 0 N–H and O–H groups in total. The maximum atomic E-state index is 5.77. The largest absolute Gasteiger partial charge is 0.484 e. The van der Waals surface area contributed by atoms with Crippen LogP contribution in [-0.2, 0) is 19.0 Å². The number of aryl methyl sites for hydroxylation is 1. The molecule has 0 spiro atoms. The van der Waals surface area contributed by atoms with Gasteiger partial charge in [0.1, 0.15) is 18.7 Å². The number of alkyl halides is 1. The first-order valence-electron chi connectivity index (χ1n) is 5.58. The maximum absolute atomic E-state index is 5.77. The Labute approximate surface area is 119 Å². The molecule has 2 rings (SSSR count). The summed E-state index contributed by atoms with van der Waals surface area (Å²) in [6, 6.07) is 5.79. The molecular weight excluding hydrogens is 318 g/mol. The lowest BCUT2D eigenvalue weighted by molar-refractivity contribution is 0.285. The third-order valence-corrected chi connectivity index (χ3v) is 3.43. The molecule has 0 aliphatic heterocycles. The van der Waals surface area contributed by atoms with E-state index in [1.807, 2.05) is 25.1 Å². The van der Waals surface area contributed by atoms with E-state index in [0.29, 0.717) is 12.5 Å². The van der Waals surface area contributed by atoms with E-state index in [1.165, 1.54) is 6.33 Å². The predicted octanol–water partition coefficient (Wildman–Crippen LogP) is 3.38. The number of halogens is 2. The van der Waals surface area contributed by atoms with Gasteiger partial charge in [-0.2, -0.15) is 5.10 Å². The van der Waals surface area contributed by atoms with Crippen molar-refractivity contribution in [2.24, 2.45) is 0 Å². The summed E-state index contributed by atoms with van der Waals surface area (Å²) in [4.78, 5) is 4.16. The highest BCUT2D eigenvalue weighted by Crippen LogP contribution is 2.27. The smallest absolute Gasteiger partial charge is 0.164 e. The Kier molecular flexibility index (Phi) is 4.60. The summed E-state index contributed by atoms with van der Waals surface area (Å²) in [5.74, 6) is 2.07. The summed E-state index contributed by atoms with van der Waals surface area (Å²) < 4.78 is 8.41. The van der Waals surface area contributed by atoms with Crippen LogP contribution >= 0.6 is 27.5 Å². The van der Waals surface area contributed by atoms with Crippen molar-refractivity contribution in [3.8, 4) is 5.75 Å². The van der Waals surface area contributed by atoms with Gasteiger partial charge in [-0.3, -0.25) is 0 Å². The van der Waals surface area contributed by atoms with Gasteiger partial charge < -0.3 is 4.74 Å². The summed E-state index contributed by atoms with van der Waals surface area (Å²) in [6.45, 7) is 3.20. The Morgan fingerprint density at radius 2 is 2.28 bits per heavy atom. The summed E-state index contributed by atoms with van der Waals surface area (Å²) in [6.07, 6.45) is 1.54. The van der Waals surface area contributed by atoms with E-state index < -0.39 is 0 Å². The second kappa shape index (κ2) is 6.20. The molecule has 0 saturated carbocycles. The molecule has 1 heterocycles. The minimum absolute atomic E-state index is 0.395. The molecule has 0 radical (unpaired) electrons. The Morgan fingerprint density at radius 1 is 1.44 bits per heavy atom. The third-order valence-electron chi connectivity index (χ3n) is 2.50. The summed E-state index contributed by atoms with van der Waals surface area (Å²) in [7, 11) is 0. The molecule has 1 aromatic carbocycles. The Morgan fingerprint density at radius 3 is 2.94 bits per heavy atom. The van der Waals surface area contributed by atoms with E-state index in [2.05, 4.69) is 26.0 Å². The molecule has 1 aromatic heterocycles. The van der Waals surface area contributed by atoms with Crippen molar-refractivity contribution in [1.82, 2.24) is 14.8 Å².